The Morgan fingerprint density at radius 2 is 1.97 bits per heavy atom. The van der Waals surface area contributed by atoms with E-state index in [-0.39, 0.29) is 35.5 Å². The highest BCUT2D eigenvalue weighted by molar-refractivity contribution is 7.20. The third-order valence-electron chi connectivity index (χ3n) is 5.88. The van der Waals surface area contributed by atoms with E-state index in [4.69, 9.17) is 4.74 Å². The van der Waals surface area contributed by atoms with Gasteiger partial charge in [-0.15, -0.1) is 11.3 Å². The minimum absolute atomic E-state index is 0.0310. The van der Waals surface area contributed by atoms with Crippen LogP contribution in [0.4, 0.5) is 19.0 Å². The monoisotopic (exact) mass is 526 g/mol. The van der Waals surface area contributed by atoms with E-state index in [1.807, 2.05) is 24.3 Å². The molecule has 2 aromatic carbocycles. The van der Waals surface area contributed by atoms with Gasteiger partial charge in [-0.05, 0) is 36.1 Å². The van der Waals surface area contributed by atoms with E-state index >= 15 is 0 Å². The van der Waals surface area contributed by atoms with Gasteiger partial charge in [-0.25, -0.2) is 4.98 Å². The predicted molar refractivity (Wildman–Crippen MR) is 134 cm³/mol. The fourth-order valence-electron chi connectivity index (χ4n) is 4.05. The van der Waals surface area contributed by atoms with Gasteiger partial charge in [0, 0.05) is 23.2 Å². The van der Waals surface area contributed by atoms with Crippen molar-refractivity contribution in [3.63, 3.8) is 0 Å². The van der Waals surface area contributed by atoms with E-state index < -0.39 is 17.6 Å². The first-order valence-electron chi connectivity index (χ1n) is 11.5. The molecule has 0 radical (unpaired) electrons. The van der Waals surface area contributed by atoms with Gasteiger partial charge in [-0.1, -0.05) is 30.3 Å². The number of likely N-dealkylation sites (tertiary alicyclic amines) is 1. The first kappa shape index (κ1) is 24.7. The Hall–Kier alpha value is -3.99. The van der Waals surface area contributed by atoms with Crippen LogP contribution in [0.3, 0.4) is 0 Å². The number of fused-ring (bicyclic) bond motifs is 1. The van der Waals surface area contributed by atoms with Crippen LogP contribution in [-0.2, 0) is 11.0 Å². The zero-order valence-corrected chi connectivity index (χ0v) is 20.2. The molecule has 0 saturated carbocycles. The van der Waals surface area contributed by atoms with Crippen molar-refractivity contribution in [3.8, 4) is 17.1 Å². The molecule has 0 aliphatic carbocycles. The highest BCUT2D eigenvalue weighted by atomic mass is 32.1. The van der Waals surface area contributed by atoms with Crippen LogP contribution in [0.2, 0.25) is 0 Å². The van der Waals surface area contributed by atoms with E-state index in [0.29, 0.717) is 24.4 Å². The molecule has 1 N–H and O–H groups in total. The molecule has 7 nitrogen and oxygen atoms in total. The summed E-state index contributed by atoms with van der Waals surface area (Å²) in [4.78, 5) is 35.6. The summed E-state index contributed by atoms with van der Waals surface area (Å²) in [6.45, 7) is 1.20. The number of nitrogens with one attached hydrogen (secondary N) is 1. The molecular weight excluding hydrogens is 505 g/mol. The Morgan fingerprint density at radius 1 is 1.14 bits per heavy atom. The molecule has 0 unspecified atom stereocenters. The van der Waals surface area contributed by atoms with Crippen molar-refractivity contribution in [1.29, 1.82) is 0 Å². The van der Waals surface area contributed by atoms with Crippen LogP contribution in [0, 0.1) is 0 Å². The maximum Gasteiger partial charge on any atom is 0.416 e. The van der Waals surface area contributed by atoms with Crippen LogP contribution < -0.4 is 10.1 Å². The topological polar surface area (TPSA) is 84.4 Å². The Kier molecular flexibility index (Phi) is 6.79. The average Bonchev–Trinajstić information content (AvgIpc) is 3.50. The molecule has 4 aromatic rings. The molecule has 0 atom stereocenters. The maximum absolute atomic E-state index is 13.3. The molecular formula is C26H21F3N4O3S. The van der Waals surface area contributed by atoms with E-state index in [0.717, 1.165) is 28.6 Å². The molecule has 0 spiro atoms. The SMILES string of the molecule is O=C(Nc1nc(OCCN2CCCC2=O)cnc1-c1cccc(C(F)(F)F)c1)c1cc2ccccc2s1. The lowest BCUT2D eigenvalue weighted by atomic mass is 10.1. The van der Waals surface area contributed by atoms with Crippen LogP contribution in [0.5, 0.6) is 5.88 Å². The van der Waals surface area contributed by atoms with Gasteiger partial charge in [-0.3, -0.25) is 9.59 Å². The Bertz CT molecular complexity index is 1440. The lowest BCUT2D eigenvalue weighted by Crippen LogP contribution is -2.29. The Labute approximate surface area is 213 Å². The molecule has 5 rings (SSSR count). The first-order chi connectivity index (χ1) is 17.8. The minimum atomic E-state index is -4.54. The highest BCUT2D eigenvalue weighted by Crippen LogP contribution is 2.34. The minimum Gasteiger partial charge on any atom is -0.475 e. The van der Waals surface area contributed by atoms with E-state index in [2.05, 4.69) is 15.3 Å². The number of hydrogen-bond acceptors (Lipinski definition) is 6. The molecule has 0 bridgehead atoms. The first-order valence-corrected chi connectivity index (χ1v) is 12.3. The number of benzene rings is 2. The van der Waals surface area contributed by atoms with Crippen LogP contribution in [-0.4, -0.2) is 46.4 Å². The Morgan fingerprint density at radius 3 is 2.73 bits per heavy atom. The summed E-state index contributed by atoms with van der Waals surface area (Å²) >= 11 is 1.29. The number of rotatable bonds is 7. The van der Waals surface area contributed by atoms with Gasteiger partial charge in [0.25, 0.3) is 5.91 Å². The number of amides is 2. The summed E-state index contributed by atoms with van der Waals surface area (Å²) in [7, 11) is 0. The summed E-state index contributed by atoms with van der Waals surface area (Å²) in [6, 6.07) is 13.9. The molecule has 2 amide bonds. The van der Waals surface area contributed by atoms with Crippen molar-refractivity contribution >= 4 is 39.1 Å². The summed E-state index contributed by atoms with van der Waals surface area (Å²) in [5.41, 5.74) is -0.630. The number of carbonyl (C=O) groups excluding carboxylic acids is 2. The van der Waals surface area contributed by atoms with Gasteiger partial charge in [0.05, 0.1) is 23.2 Å². The molecule has 11 heteroatoms. The molecule has 1 aliphatic rings. The summed E-state index contributed by atoms with van der Waals surface area (Å²) in [6.07, 6.45) is -1.94. The molecule has 190 valence electrons. The second-order valence-electron chi connectivity index (χ2n) is 8.42. The van der Waals surface area contributed by atoms with Gasteiger partial charge < -0.3 is 15.0 Å². The van der Waals surface area contributed by atoms with Crippen LogP contribution in [0.1, 0.15) is 28.1 Å². The third kappa shape index (κ3) is 5.56. The molecule has 1 aliphatic heterocycles. The van der Waals surface area contributed by atoms with Crippen molar-refractivity contribution < 1.29 is 27.5 Å². The van der Waals surface area contributed by atoms with Crippen LogP contribution >= 0.6 is 11.3 Å². The van der Waals surface area contributed by atoms with Gasteiger partial charge in [0.1, 0.15) is 12.3 Å². The fourth-order valence-corrected chi connectivity index (χ4v) is 5.01. The largest absolute Gasteiger partial charge is 0.475 e. The standard InChI is InChI=1S/C26H21F3N4O3S/c27-26(28,29)18-7-3-6-17(13-18)23-24(32-25(35)20-14-16-5-1-2-8-19(16)37-20)31-21(15-30-23)36-12-11-33-10-4-9-22(33)34/h1-3,5-8,13-15H,4,9-12H2,(H,31,32,35). The molecule has 37 heavy (non-hydrogen) atoms. The van der Waals surface area contributed by atoms with Crippen molar-refractivity contribution in [2.75, 3.05) is 25.0 Å². The summed E-state index contributed by atoms with van der Waals surface area (Å²) < 4.78 is 46.6. The van der Waals surface area contributed by atoms with Gasteiger partial charge in [0.15, 0.2) is 5.82 Å². The number of thiophene rings is 1. The van der Waals surface area contributed by atoms with E-state index in [1.165, 1.54) is 29.7 Å². The van der Waals surface area contributed by atoms with Gasteiger partial charge in [0.2, 0.25) is 11.8 Å². The quantitative estimate of drug-likeness (QED) is 0.337. The van der Waals surface area contributed by atoms with E-state index in [1.54, 1.807) is 11.0 Å². The molecule has 1 saturated heterocycles. The second-order valence-corrected chi connectivity index (χ2v) is 9.50. The second kappa shape index (κ2) is 10.2. The predicted octanol–water partition coefficient (Wildman–Crippen LogP) is 5.63. The number of anilines is 1. The maximum atomic E-state index is 13.3. The number of aromatic nitrogens is 2. The highest BCUT2D eigenvalue weighted by Gasteiger charge is 2.31. The van der Waals surface area contributed by atoms with E-state index in [9.17, 15) is 22.8 Å². The fraction of sp³-hybridized carbons (Fsp3) is 0.231. The lowest BCUT2D eigenvalue weighted by Gasteiger charge is -2.16. The van der Waals surface area contributed by atoms with Crippen molar-refractivity contribution in [2.45, 2.75) is 19.0 Å². The molecule has 1 fully saturated rings. The van der Waals surface area contributed by atoms with Crippen molar-refractivity contribution in [1.82, 2.24) is 14.9 Å². The normalized spacial score (nSPS) is 13.8. The smallest absolute Gasteiger partial charge is 0.416 e. The zero-order chi connectivity index (χ0) is 26.0. The number of carbonyl (C=O) groups is 2. The van der Waals surface area contributed by atoms with Crippen molar-refractivity contribution in [2.24, 2.45) is 0 Å². The number of hydrogen-bond donors (Lipinski definition) is 1. The third-order valence-corrected chi connectivity index (χ3v) is 6.99. The number of ether oxygens (including phenoxy) is 1. The Balaban J connectivity index is 1.43. The zero-order valence-electron chi connectivity index (χ0n) is 19.4. The van der Waals surface area contributed by atoms with Crippen LogP contribution in [0.25, 0.3) is 21.3 Å². The molecule has 3 heterocycles. The number of halogens is 3. The summed E-state index contributed by atoms with van der Waals surface area (Å²) in [5.74, 6) is -0.361. The number of alkyl halides is 3. The van der Waals surface area contributed by atoms with Gasteiger partial charge >= 0.3 is 6.18 Å². The van der Waals surface area contributed by atoms with Crippen molar-refractivity contribution in [3.05, 3.63) is 71.2 Å². The average molecular weight is 527 g/mol. The van der Waals surface area contributed by atoms with Crippen LogP contribution in [0.15, 0.2) is 60.8 Å². The summed E-state index contributed by atoms with van der Waals surface area (Å²) in [5, 5.41) is 3.59. The molecule has 2 aromatic heterocycles. The lowest BCUT2D eigenvalue weighted by molar-refractivity contribution is -0.137. The van der Waals surface area contributed by atoms with Gasteiger partial charge in [-0.2, -0.15) is 18.2 Å². The number of nitrogens with zero attached hydrogens (tertiary/aromatic N) is 3.